The van der Waals surface area contributed by atoms with Crippen LogP contribution in [0.25, 0.3) is 0 Å². The fraction of sp³-hybridized carbons (Fsp3) is 0.346. The second-order valence-corrected chi connectivity index (χ2v) is 19.3. The number of benzene rings is 5. The molecule has 0 N–H and O–H groups in total. The third kappa shape index (κ3) is 9.59. The molecule has 5 aliphatic heterocycles. The molecule has 3 saturated heterocycles. The van der Waals surface area contributed by atoms with Crippen LogP contribution in [0.4, 0.5) is 0 Å². The van der Waals surface area contributed by atoms with Crippen LogP contribution in [0.2, 0.25) is 0 Å². The van der Waals surface area contributed by atoms with Crippen LogP contribution in [0.15, 0.2) is 135 Å². The van der Waals surface area contributed by atoms with Gasteiger partial charge >= 0.3 is 0 Å². The second-order valence-electron chi connectivity index (χ2n) is 17.1. The molecule has 0 aromatic heterocycles. The Labute approximate surface area is 368 Å². The Morgan fingerprint density at radius 1 is 0.508 bits per heavy atom. The maximum absolute atomic E-state index is 13.2. The van der Waals surface area contributed by atoms with Crippen LogP contribution in [-0.4, -0.2) is 83.4 Å². The van der Waals surface area contributed by atoms with E-state index in [4.69, 9.17) is 0 Å². The summed E-state index contributed by atoms with van der Waals surface area (Å²) < 4.78 is 0. The Bertz CT molecular complexity index is 2410. The number of piperidine rings is 3. The van der Waals surface area contributed by atoms with Gasteiger partial charge in [0.05, 0.1) is 0 Å². The minimum atomic E-state index is 0.0835. The lowest BCUT2D eigenvalue weighted by Gasteiger charge is -2.40. The zero-order valence-electron chi connectivity index (χ0n) is 34.7. The molecule has 5 heterocycles. The zero-order chi connectivity index (χ0) is 41.7. The zero-order valence-corrected chi connectivity index (χ0v) is 36.4. The molecule has 0 bridgehead atoms. The summed E-state index contributed by atoms with van der Waals surface area (Å²) in [5.41, 5.74) is 6.26. The van der Waals surface area contributed by atoms with Crippen molar-refractivity contribution in [3.8, 4) is 0 Å². The van der Waals surface area contributed by atoms with Crippen molar-refractivity contribution >= 4 is 46.9 Å². The van der Waals surface area contributed by atoms with Crippen LogP contribution in [-0.2, 0) is 19.3 Å². The summed E-state index contributed by atoms with van der Waals surface area (Å²) in [6.07, 6.45) is 9.99. The smallest absolute Gasteiger partial charge is 0.253 e. The Morgan fingerprint density at radius 3 is 1.51 bits per heavy atom. The van der Waals surface area contributed by atoms with Gasteiger partial charge in [-0.3, -0.25) is 19.2 Å². The number of carbonyl (C=O) groups excluding carboxylic acids is 4. The minimum Gasteiger partial charge on any atom is -0.339 e. The van der Waals surface area contributed by atoms with Gasteiger partial charge in [-0.25, -0.2) is 0 Å². The highest BCUT2D eigenvalue weighted by Gasteiger charge is 2.30. The fourth-order valence-corrected chi connectivity index (χ4v) is 11.8. The summed E-state index contributed by atoms with van der Waals surface area (Å²) >= 11 is 3.25. The molecule has 5 aromatic rings. The van der Waals surface area contributed by atoms with Gasteiger partial charge in [-0.2, -0.15) is 0 Å². The van der Waals surface area contributed by atoms with Crippen LogP contribution < -0.4 is 0 Å². The van der Waals surface area contributed by atoms with Gasteiger partial charge in [0.1, 0.15) is 0 Å². The molecule has 3 fully saturated rings. The van der Waals surface area contributed by atoms with E-state index in [1.807, 2.05) is 94.7 Å². The molecule has 2 amide bonds. The molecular formula is C52H53N3O4S2. The van der Waals surface area contributed by atoms with Gasteiger partial charge in [0.15, 0.2) is 11.6 Å². The van der Waals surface area contributed by atoms with E-state index in [1.165, 1.54) is 37.9 Å². The van der Waals surface area contributed by atoms with Crippen LogP contribution in [0, 0.1) is 5.92 Å². The number of carbonyl (C=O) groups is 4. The second kappa shape index (κ2) is 19.0. The number of amides is 2. The van der Waals surface area contributed by atoms with Gasteiger partial charge in [0.25, 0.3) is 11.8 Å². The number of hydrogen-bond acceptors (Lipinski definition) is 7. The highest BCUT2D eigenvalue weighted by molar-refractivity contribution is 7.99. The molecule has 0 radical (unpaired) electrons. The van der Waals surface area contributed by atoms with Crippen molar-refractivity contribution in [2.75, 3.05) is 39.3 Å². The van der Waals surface area contributed by atoms with E-state index >= 15 is 0 Å². The van der Waals surface area contributed by atoms with Gasteiger partial charge in [0.2, 0.25) is 0 Å². The highest BCUT2D eigenvalue weighted by atomic mass is 32.2. The number of likely N-dealkylation sites (tertiary alicyclic amines) is 3. The van der Waals surface area contributed by atoms with E-state index in [1.54, 1.807) is 23.5 Å². The molecular weight excluding hydrogens is 795 g/mol. The molecule has 9 heteroatoms. The van der Waals surface area contributed by atoms with Crippen molar-refractivity contribution in [2.24, 2.45) is 5.92 Å². The lowest BCUT2D eigenvalue weighted by molar-refractivity contribution is 0.0589. The predicted molar refractivity (Wildman–Crippen MR) is 243 cm³/mol. The molecule has 5 aliphatic rings. The van der Waals surface area contributed by atoms with Crippen LogP contribution in [0.1, 0.15) is 103 Å². The van der Waals surface area contributed by atoms with Crippen LogP contribution in [0.5, 0.6) is 0 Å². The first kappa shape index (κ1) is 41.4. The lowest BCUT2D eigenvalue weighted by atomic mass is 9.90. The van der Waals surface area contributed by atoms with Crippen molar-refractivity contribution in [3.05, 3.63) is 154 Å². The summed E-state index contributed by atoms with van der Waals surface area (Å²) in [5, 5.41) is 0. The van der Waals surface area contributed by atoms with Gasteiger partial charge in [-0.1, -0.05) is 96.7 Å². The Kier molecular flexibility index (Phi) is 12.9. The molecule has 5 aromatic carbocycles. The molecule has 61 heavy (non-hydrogen) atoms. The van der Waals surface area contributed by atoms with Gasteiger partial charge in [-0.05, 0) is 129 Å². The third-order valence-electron chi connectivity index (χ3n) is 13.1. The van der Waals surface area contributed by atoms with Crippen molar-refractivity contribution in [3.63, 3.8) is 0 Å². The number of Topliss-reactive ketones (excluding diaryl/α,β-unsaturated/α-hetero) is 2. The van der Waals surface area contributed by atoms with E-state index < -0.39 is 0 Å². The molecule has 10 rings (SSSR count). The first-order chi connectivity index (χ1) is 29.9. The van der Waals surface area contributed by atoms with E-state index in [9.17, 15) is 19.2 Å². The first-order valence-electron chi connectivity index (χ1n) is 22.1. The summed E-state index contributed by atoms with van der Waals surface area (Å²) in [5.74, 6) is 1.07. The van der Waals surface area contributed by atoms with E-state index in [0.717, 1.165) is 100 Å². The first-order valence-corrected chi connectivity index (χ1v) is 23.7. The summed E-state index contributed by atoms with van der Waals surface area (Å²) in [6.45, 7) is 5.69. The fourth-order valence-electron chi connectivity index (χ4n) is 9.62. The van der Waals surface area contributed by atoms with Gasteiger partial charge in [0, 0.05) is 86.9 Å². The van der Waals surface area contributed by atoms with Gasteiger partial charge < -0.3 is 14.7 Å². The Morgan fingerprint density at radius 2 is 0.984 bits per heavy atom. The average Bonchev–Trinajstić information content (AvgIpc) is 3.55. The molecule has 0 saturated carbocycles. The molecule has 0 unspecified atom stereocenters. The molecule has 0 aliphatic carbocycles. The number of hydrogen-bond donors (Lipinski definition) is 0. The SMILES string of the molecule is O=C1Cc2cc(C(=O)N3CCC(Cc4ccccc4)CC3)ccc2Sc2ccccc21.O=C1Cc2cc(C(=O)N3CCC(N4CCCCC4)CC3)ccc2Sc2ccccc21. The van der Waals surface area contributed by atoms with Crippen molar-refractivity contribution < 1.29 is 19.2 Å². The van der Waals surface area contributed by atoms with Crippen molar-refractivity contribution in [1.82, 2.24) is 14.7 Å². The van der Waals surface area contributed by atoms with Crippen molar-refractivity contribution in [2.45, 2.75) is 89.8 Å². The Hall–Kier alpha value is -4.96. The molecule has 7 nitrogen and oxygen atoms in total. The molecule has 0 spiro atoms. The van der Waals surface area contributed by atoms with E-state index in [0.29, 0.717) is 35.9 Å². The van der Waals surface area contributed by atoms with Gasteiger partial charge in [-0.15, -0.1) is 0 Å². The minimum absolute atomic E-state index is 0.0835. The quantitative estimate of drug-likeness (QED) is 0.174. The maximum Gasteiger partial charge on any atom is 0.253 e. The number of rotatable bonds is 5. The lowest BCUT2D eigenvalue weighted by Crippen LogP contribution is -2.48. The summed E-state index contributed by atoms with van der Waals surface area (Å²) in [4.78, 5) is 62.5. The van der Waals surface area contributed by atoms with Crippen LogP contribution >= 0.6 is 23.5 Å². The maximum atomic E-state index is 13.2. The Balaban J connectivity index is 0.000000156. The summed E-state index contributed by atoms with van der Waals surface area (Å²) in [7, 11) is 0. The molecule has 0 atom stereocenters. The normalized spacial score (nSPS) is 18.4. The largest absolute Gasteiger partial charge is 0.339 e. The van der Waals surface area contributed by atoms with E-state index in [2.05, 4.69) is 35.2 Å². The number of fused-ring (bicyclic) bond motifs is 4. The monoisotopic (exact) mass is 847 g/mol. The number of ketones is 2. The average molecular weight is 848 g/mol. The number of nitrogens with zero attached hydrogens (tertiary/aromatic N) is 3. The standard InChI is InChI=1S/C27H25NO2S.C25H28N2O2S/c29-24-18-22-17-21(10-11-25(22)31-26-9-5-4-8-23(24)26)27(30)28-14-12-20(13-15-28)16-19-6-2-1-3-7-19;28-22-17-19-16-18(8-9-23(19)30-24-7-3-2-6-21(22)24)25(29)27-14-10-20(11-15-27)26-12-4-1-5-13-26/h1-11,17,20H,12-16,18H2;2-3,6-9,16,20H,1,4-5,10-15,17H2. The van der Waals surface area contributed by atoms with E-state index in [-0.39, 0.29) is 23.4 Å². The molecule has 312 valence electrons. The highest BCUT2D eigenvalue weighted by Crippen LogP contribution is 2.39. The third-order valence-corrected chi connectivity index (χ3v) is 15.4. The predicted octanol–water partition coefficient (Wildman–Crippen LogP) is 10.3. The van der Waals surface area contributed by atoms with Crippen molar-refractivity contribution in [1.29, 1.82) is 0 Å². The van der Waals surface area contributed by atoms with Crippen LogP contribution in [0.3, 0.4) is 0 Å². The topological polar surface area (TPSA) is 78.0 Å². The summed E-state index contributed by atoms with van der Waals surface area (Å²) in [6, 6.07) is 38.5.